The largest absolute Gasteiger partial charge is 0.471 e. The van der Waals surface area contributed by atoms with E-state index in [1.54, 1.807) is 6.07 Å². The molecule has 1 aromatic carbocycles. The Kier molecular flexibility index (Phi) is 4.68. The third-order valence-corrected chi connectivity index (χ3v) is 3.47. The molecule has 0 radical (unpaired) electrons. The molecule has 0 aromatic heterocycles. The van der Waals surface area contributed by atoms with Gasteiger partial charge in [-0.2, -0.15) is 13.2 Å². The number of carbonyl (C=O) groups excluding carboxylic acids is 2. The van der Waals surface area contributed by atoms with Gasteiger partial charge in [0.25, 0.3) is 0 Å². The Morgan fingerprint density at radius 2 is 1.95 bits per heavy atom. The average molecular weight is 318 g/mol. The minimum absolute atomic E-state index is 0.115. The Hall–Kier alpha value is -2.12. The number of alkyl halides is 3. The monoisotopic (exact) mass is 318 g/mol. The molecular weight excluding hydrogens is 304 g/mol. The normalized spacial score (nSPS) is 18.4. The highest BCUT2D eigenvalue weighted by Crippen LogP contribution is 2.25. The van der Waals surface area contributed by atoms with E-state index in [1.807, 2.05) is 0 Å². The molecule has 2 amide bonds. The standard InChI is InChI=1S/C14H14F4N2O2/c15-10-5-2-1-4-9(10)8-19-12(21)11-6-3-7-20(11)13(22)14(16,17)18/h1-2,4-5,11H,3,6-8H2,(H,19,21). The van der Waals surface area contributed by atoms with Gasteiger partial charge in [-0.15, -0.1) is 0 Å². The topological polar surface area (TPSA) is 49.4 Å². The van der Waals surface area contributed by atoms with E-state index in [-0.39, 0.29) is 25.1 Å². The van der Waals surface area contributed by atoms with E-state index in [0.717, 1.165) is 0 Å². The van der Waals surface area contributed by atoms with Gasteiger partial charge in [0, 0.05) is 18.7 Å². The molecule has 0 bridgehead atoms. The molecule has 22 heavy (non-hydrogen) atoms. The van der Waals surface area contributed by atoms with Crippen molar-refractivity contribution in [3.8, 4) is 0 Å². The second kappa shape index (κ2) is 6.33. The van der Waals surface area contributed by atoms with E-state index in [4.69, 9.17) is 0 Å². The van der Waals surface area contributed by atoms with Crippen LogP contribution in [0.1, 0.15) is 18.4 Å². The fourth-order valence-electron chi connectivity index (χ4n) is 2.39. The first kappa shape index (κ1) is 16.3. The molecule has 8 heteroatoms. The maximum Gasteiger partial charge on any atom is 0.471 e. The minimum atomic E-state index is -5.01. The molecule has 1 aliphatic rings. The minimum Gasteiger partial charge on any atom is -0.350 e. The summed E-state index contributed by atoms with van der Waals surface area (Å²) in [5.41, 5.74) is 0.225. The molecule has 0 saturated carbocycles. The second-order valence-electron chi connectivity index (χ2n) is 4.96. The van der Waals surface area contributed by atoms with Crippen LogP contribution in [0.4, 0.5) is 17.6 Å². The van der Waals surface area contributed by atoms with Crippen molar-refractivity contribution in [2.75, 3.05) is 6.54 Å². The highest BCUT2D eigenvalue weighted by molar-refractivity contribution is 5.90. The van der Waals surface area contributed by atoms with Crippen LogP contribution in [0.2, 0.25) is 0 Å². The first-order valence-electron chi connectivity index (χ1n) is 6.69. The number of rotatable bonds is 3. The van der Waals surface area contributed by atoms with Crippen molar-refractivity contribution in [1.29, 1.82) is 0 Å². The third kappa shape index (κ3) is 3.55. The first-order chi connectivity index (χ1) is 10.3. The Morgan fingerprint density at radius 1 is 1.27 bits per heavy atom. The summed E-state index contributed by atoms with van der Waals surface area (Å²) in [6.45, 7) is -0.258. The summed E-state index contributed by atoms with van der Waals surface area (Å²) in [5.74, 6) is -3.24. The van der Waals surface area contributed by atoms with Crippen molar-refractivity contribution in [2.24, 2.45) is 0 Å². The van der Waals surface area contributed by atoms with Crippen molar-refractivity contribution in [3.05, 3.63) is 35.6 Å². The van der Waals surface area contributed by atoms with E-state index >= 15 is 0 Å². The van der Waals surface area contributed by atoms with Gasteiger partial charge in [0.2, 0.25) is 5.91 Å². The van der Waals surface area contributed by atoms with E-state index in [1.165, 1.54) is 18.2 Å². The molecule has 1 N–H and O–H groups in total. The lowest BCUT2D eigenvalue weighted by atomic mass is 10.1. The molecular formula is C14H14F4N2O2. The van der Waals surface area contributed by atoms with Gasteiger partial charge in [-0.3, -0.25) is 9.59 Å². The third-order valence-electron chi connectivity index (χ3n) is 3.47. The second-order valence-corrected chi connectivity index (χ2v) is 4.96. The summed E-state index contributed by atoms with van der Waals surface area (Å²) in [6.07, 6.45) is -4.53. The van der Waals surface area contributed by atoms with Crippen LogP contribution in [0.5, 0.6) is 0 Å². The lowest BCUT2D eigenvalue weighted by Crippen LogP contribution is -2.50. The number of amides is 2. The number of nitrogens with one attached hydrogen (secondary N) is 1. The number of benzene rings is 1. The van der Waals surface area contributed by atoms with E-state index in [9.17, 15) is 27.2 Å². The summed E-state index contributed by atoms with van der Waals surface area (Å²) >= 11 is 0. The van der Waals surface area contributed by atoms with Crippen molar-refractivity contribution in [1.82, 2.24) is 10.2 Å². The molecule has 1 aromatic rings. The lowest BCUT2D eigenvalue weighted by Gasteiger charge is -2.24. The first-order valence-corrected chi connectivity index (χ1v) is 6.69. The molecule has 4 nitrogen and oxygen atoms in total. The van der Waals surface area contributed by atoms with Crippen LogP contribution < -0.4 is 5.32 Å². The van der Waals surface area contributed by atoms with Crippen molar-refractivity contribution < 1.29 is 27.2 Å². The zero-order valence-corrected chi connectivity index (χ0v) is 11.5. The molecule has 1 atom stereocenters. The number of halogens is 4. The predicted octanol–water partition coefficient (Wildman–Crippen LogP) is 2.00. The molecule has 2 rings (SSSR count). The number of hydrogen-bond donors (Lipinski definition) is 1. The van der Waals surface area contributed by atoms with Crippen molar-refractivity contribution in [3.63, 3.8) is 0 Å². The maximum atomic E-state index is 13.4. The van der Waals surface area contributed by atoms with Crippen LogP contribution in [0.15, 0.2) is 24.3 Å². The summed E-state index contributed by atoms with van der Waals surface area (Å²) in [7, 11) is 0. The van der Waals surface area contributed by atoms with Crippen LogP contribution in [-0.4, -0.2) is 35.5 Å². The fourth-order valence-corrected chi connectivity index (χ4v) is 2.39. The number of carbonyl (C=O) groups is 2. The zero-order valence-electron chi connectivity index (χ0n) is 11.5. The Morgan fingerprint density at radius 3 is 2.59 bits per heavy atom. The van der Waals surface area contributed by atoms with E-state index in [2.05, 4.69) is 5.32 Å². The van der Waals surface area contributed by atoms with Crippen LogP contribution in [0.25, 0.3) is 0 Å². The van der Waals surface area contributed by atoms with Crippen molar-refractivity contribution >= 4 is 11.8 Å². The smallest absolute Gasteiger partial charge is 0.350 e. The van der Waals surface area contributed by atoms with Gasteiger partial charge in [0.05, 0.1) is 0 Å². The van der Waals surface area contributed by atoms with E-state index in [0.29, 0.717) is 11.3 Å². The average Bonchev–Trinajstić information content (AvgIpc) is 2.93. The van der Waals surface area contributed by atoms with Gasteiger partial charge in [0.15, 0.2) is 0 Å². The molecule has 1 saturated heterocycles. The lowest BCUT2D eigenvalue weighted by molar-refractivity contribution is -0.186. The van der Waals surface area contributed by atoms with Crippen LogP contribution in [0, 0.1) is 5.82 Å². The molecule has 0 aliphatic carbocycles. The SMILES string of the molecule is O=C(NCc1ccccc1F)C1CCCN1C(=O)C(F)(F)F. The molecule has 0 spiro atoms. The highest BCUT2D eigenvalue weighted by Gasteiger charge is 2.47. The summed E-state index contributed by atoms with van der Waals surface area (Å²) < 4.78 is 50.8. The van der Waals surface area contributed by atoms with Crippen LogP contribution in [-0.2, 0) is 16.1 Å². The molecule has 1 unspecified atom stereocenters. The van der Waals surface area contributed by atoms with Crippen LogP contribution >= 0.6 is 0 Å². The quantitative estimate of drug-likeness (QED) is 0.867. The van der Waals surface area contributed by atoms with Gasteiger partial charge in [0.1, 0.15) is 11.9 Å². The molecule has 1 fully saturated rings. The van der Waals surface area contributed by atoms with Gasteiger partial charge < -0.3 is 10.2 Å². The van der Waals surface area contributed by atoms with Gasteiger partial charge in [-0.25, -0.2) is 4.39 Å². The van der Waals surface area contributed by atoms with Crippen LogP contribution in [0.3, 0.4) is 0 Å². The van der Waals surface area contributed by atoms with Gasteiger partial charge in [-0.1, -0.05) is 18.2 Å². The van der Waals surface area contributed by atoms with Gasteiger partial charge in [-0.05, 0) is 18.9 Å². The molecule has 1 heterocycles. The van der Waals surface area contributed by atoms with Crippen molar-refractivity contribution in [2.45, 2.75) is 31.6 Å². The van der Waals surface area contributed by atoms with E-state index < -0.39 is 29.8 Å². The summed E-state index contributed by atoms with van der Waals surface area (Å²) in [4.78, 5) is 23.8. The van der Waals surface area contributed by atoms with Gasteiger partial charge >= 0.3 is 12.1 Å². The Bertz CT molecular complexity index is 574. The molecule has 120 valence electrons. The Labute approximate surface area is 124 Å². The summed E-state index contributed by atoms with van der Waals surface area (Å²) in [5, 5.41) is 2.38. The highest BCUT2D eigenvalue weighted by atomic mass is 19.4. The summed E-state index contributed by atoms with van der Waals surface area (Å²) in [6, 6.07) is 4.58. The predicted molar refractivity (Wildman–Crippen MR) is 69.0 cm³/mol. The number of likely N-dealkylation sites (tertiary alicyclic amines) is 1. The number of hydrogen-bond acceptors (Lipinski definition) is 2. The Balaban J connectivity index is 2.00. The fraction of sp³-hybridized carbons (Fsp3) is 0.429. The number of nitrogens with zero attached hydrogens (tertiary/aromatic N) is 1. The zero-order chi connectivity index (χ0) is 16.3. The molecule has 1 aliphatic heterocycles. The maximum absolute atomic E-state index is 13.4.